The Kier molecular flexibility index (Phi) is 1.83. The Bertz CT molecular complexity index is 421. The van der Waals surface area contributed by atoms with E-state index in [1.54, 1.807) is 11.6 Å². The van der Waals surface area contributed by atoms with Crippen molar-refractivity contribution in [3.05, 3.63) is 11.3 Å². The number of rotatable bonds is 1. The largest absolute Gasteiger partial charge is 0.465 e. The van der Waals surface area contributed by atoms with Crippen molar-refractivity contribution in [1.82, 2.24) is 9.78 Å². The van der Waals surface area contributed by atoms with Crippen molar-refractivity contribution < 1.29 is 9.53 Å². The van der Waals surface area contributed by atoms with Gasteiger partial charge in [0.15, 0.2) is 12.0 Å². The van der Waals surface area contributed by atoms with Gasteiger partial charge < -0.3 is 4.74 Å². The highest BCUT2D eigenvalue weighted by Gasteiger charge is 2.27. The van der Waals surface area contributed by atoms with Crippen molar-refractivity contribution in [3.63, 3.8) is 0 Å². The number of methoxy groups -OCH3 is 1. The summed E-state index contributed by atoms with van der Waals surface area (Å²) >= 11 is 0. The number of carbonyl (C=O) groups is 1. The Morgan fingerprint density at radius 2 is 2.29 bits per heavy atom. The van der Waals surface area contributed by atoms with Gasteiger partial charge in [-0.05, 0) is 13.8 Å². The molecule has 6 heteroatoms. The van der Waals surface area contributed by atoms with Gasteiger partial charge in [0.05, 0.1) is 12.8 Å². The van der Waals surface area contributed by atoms with Crippen LogP contribution in [0.25, 0.3) is 0 Å². The minimum atomic E-state index is -0.420. The molecule has 0 spiro atoms. The number of hydrogen-bond acceptors (Lipinski definition) is 5. The first kappa shape index (κ1) is 8.86. The molecule has 2 heterocycles. The predicted molar refractivity (Wildman–Crippen MR) is 47.5 cm³/mol. The molecule has 1 aromatic heterocycles. The number of hydrogen-bond donors (Lipinski definition) is 0. The highest BCUT2D eigenvalue weighted by Crippen LogP contribution is 2.32. The summed E-state index contributed by atoms with van der Waals surface area (Å²) < 4.78 is 6.25. The zero-order valence-corrected chi connectivity index (χ0v) is 8.18. The molecule has 2 rings (SSSR count). The van der Waals surface area contributed by atoms with Gasteiger partial charge in [-0.2, -0.15) is 10.2 Å². The van der Waals surface area contributed by atoms with Gasteiger partial charge >= 0.3 is 5.97 Å². The molecule has 0 saturated carbocycles. The lowest BCUT2D eigenvalue weighted by atomic mass is 10.2. The summed E-state index contributed by atoms with van der Waals surface area (Å²) in [6.45, 7) is 3.60. The van der Waals surface area contributed by atoms with E-state index < -0.39 is 5.97 Å². The molecule has 0 radical (unpaired) electrons. The van der Waals surface area contributed by atoms with Gasteiger partial charge in [-0.3, -0.25) is 0 Å². The summed E-state index contributed by atoms with van der Waals surface area (Å²) in [6, 6.07) is 0. The van der Waals surface area contributed by atoms with E-state index >= 15 is 0 Å². The fraction of sp³-hybridized carbons (Fsp3) is 0.500. The van der Waals surface area contributed by atoms with E-state index in [-0.39, 0.29) is 6.17 Å². The summed E-state index contributed by atoms with van der Waals surface area (Å²) in [5, 5.41) is 12.0. The van der Waals surface area contributed by atoms with Crippen LogP contribution in [-0.2, 0) is 4.74 Å². The molecule has 0 fully saturated rings. The second-order valence-electron chi connectivity index (χ2n) is 3.07. The number of aromatic nitrogens is 2. The van der Waals surface area contributed by atoms with Crippen molar-refractivity contribution in [2.75, 3.05) is 7.11 Å². The average molecular weight is 194 g/mol. The first-order chi connectivity index (χ1) is 6.65. The van der Waals surface area contributed by atoms with E-state index in [2.05, 4.69) is 20.1 Å². The fourth-order valence-corrected chi connectivity index (χ4v) is 1.42. The van der Waals surface area contributed by atoms with Gasteiger partial charge in [0.25, 0.3) is 0 Å². The molecule has 0 amide bonds. The minimum absolute atomic E-state index is 0.137. The van der Waals surface area contributed by atoms with Gasteiger partial charge in [-0.15, -0.1) is 5.11 Å². The van der Waals surface area contributed by atoms with E-state index in [1.165, 1.54) is 7.11 Å². The van der Waals surface area contributed by atoms with Crippen LogP contribution < -0.4 is 0 Å². The Morgan fingerprint density at radius 1 is 1.57 bits per heavy atom. The van der Waals surface area contributed by atoms with Crippen molar-refractivity contribution in [2.45, 2.75) is 20.0 Å². The SMILES string of the molecule is COC(=O)c1c(C)nn2c1N=NC2C. The van der Waals surface area contributed by atoms with E-state index in [0.29, 0.717) is 17.1 Å². The summed E-state index contributed by atoms with van der Waals surface area (Å²) in [5.41, 5.74) is 1.03. The highest BCUT2D eigenvalue weighted by atomic mass is 16.5. The molecular formula is C8H10N4O2. The summed E-state index contributed by atoms with van der Waals surface area (Å²) in [4.78, 5) is 11.4. The van der Waals surface area contributed by atoms with E-state index in [0.717, 1.165) is 0 Å². The quantitative estimate of drug-likeness (QED) is 0.637. The van der Waals surface area contributed by atoms with Crippen molar-refractivity contribution >= 4 is 11.8 Å². The molecular weight excluding hydrogens is 184 g/mol. The lowest BCUT2D eigenvalue weighted by Gasteiger charge is -1.97. The van der Waals surface area contributed by atoms with Crippen molar-refractivity contribution in [2.24, 2.45) is 10.2 Å². The first-order valence-corrected chi connectivity index (χ1v) is 4.23. The molecule has 1 atom stereocenters. The van der Waals surface area contributed by atoms with E-state index in [9.17, 15) is 4.79 Å². The standard InChI is InChI=1S/C8H10N4O2/c1-4-6(8(13)14-3)7-10-9-5(2)12(7)11-4/h5H,1-3H3. The van der Waals surface area contributed by atoms with Gasteiger partial charge in [0, 0.05) is 0 Å². The van der Waals surface area contributed by atoms with Crippen LogP contribution in [0.2, 0.25) is 0 Å². The van der Waals surface area contributed by atoms with Gasteiger partial charge in [-0.1, -0.05) is 0 Å². The molecule has 0 aliphatic carbocycles. The maximum absolute atomic E-state index is 11.4. The van der Waals surface area contributed by atoms with Crippen LogP contribution in [0.5, 0.6) is 0 Å². The third-order valence-electron chi connectivity index (χ3n) is 2.12. The van der Waals surface area contributed by atoms with Crippen LogP contribution in [-0.4, -0.2) is 22.9 Å². The van der Waals surface area contributed by atoms with Crippen molar-refractivity contribution in [1.29, 1.82) is 0 Å². The van der Waals surface area contributed by atoms with E-state index in [4.69, 9.17) is 0 Å². The molecule has 0 aromatic carbocycles. The number of ether oxygens (including phenoxy) is 1. The van der Waals surface area contributed by atoms with Gasteiger partial charge in [-0.25, -0.2) is 9.48 Å². The summed E-state index contributed by atoms with van der Waals surface area (Å²) in [7, 11) is 1.33. The molecule has 1 aliphatic rings. The lowest BCUT2D eigenvalue weighted by molar-refractivity contribution is 0.0601. The summed E-state index contributed by atoms with van der Waals surface area (Å²) in [5.74, 6) is 0.0682. The van der Waals surface area contributed by atoms with Crippen LogP contribution in [0.1, 0.15) is 29.1 Å². The molecule has 0 bridgehead atoms. The molecule has 0 saturated heterocycles. The number of azo groups is 1. The average Bonchev–Trinajstić information content (AvgIpc) is 2.65. The van der Waals surface area contributed by atoms with Crippen LogP contribution >= 0.6 is 0 Å². The second-order valence-corrected chi connectivity index (χ2v) is 3.07. The maximum atomic E-state index is 11.4. The molecule has 74 valence electrons. The topological polar surface area (TPSA) is 68.8 Å². The van der Waals surface area contributed by atoms with Crippen LogP contribution in [0, 0.1) is 6.92 Å². The maximum Gasteiger partial charge on any atom is 0.343 e. The highest BCUT2D eigenvalue weighted by molar-refractivity contribution is 5.95. The van der Waals surface area contributed by atoms with Crippen LogP contribution in [0.15, 0.2) is 10.2 Å². The zero-order valence-electron chi connectivity index (χ0n) is 8.18. The molecule has 14 heavy (non-hydrogen) atoms. The number of fused-ring (bicyclic) bond motifs is 1. The van der Waals surface area contributed by atoms with Crippen LogP contribution in [0.3, 0.4) is 0 Å². The summed E-state index contributed by atoms with van der Waals surface area (Å²) in [6.07, 6.45) is -0.137. The second kappa shape index (κ2) is 2.90. The van der Waals surface area contributed by atoms with Crippen molar-refractivity contribution in [3.8, 4) is 0 Å². The molecule has 1 aromatic rings. The Morgan fingerprint density at radius 3 is 2.93 bits per heavy atom. The van der Waals surface area contributed by atoms with Crippen LogP contribution in [0.4, 0.5) is 5.82 Å². The Hall–Kier alpha value is -1.72. The number of carbonyl (C=O) groups excluding carboxylic acids is 1. The molecule has 6 nitrogen and oxygen atoms in total. The first-order valence-electron chi connectivity index (χ1n) is 4.23. The normalized spacial score (nSPS) is 18.4. The van der Waals surface area contributed by atoms with E-state index in [1.807, 2.05) is 6.92 Å². The lowest BCUT2D eigenvalue weighted by Crippen LogP contribution is -2.01. The zero-order chi connectivity index (χ0) is 10.3. The minimum Gasteiger partial charge on any atom is -0.465 e. The Labute approximate surface area is 80.6 Å². The third-order valence-corrected chi connectivity index (χ3v) is 2.12. The monoisotopic (exact) mass is 194 g/mol. The van der Waals surface area contributed by atoms with Gasteiger partial charge in [0.2, 0.25) is 0 Å². The smallest absolute Gasteiger partial charge is 0.343 e. The molecule has 1 unspecified atom stereocenters. The predicted octanol–water partition coefficient (Wildman–Crippen LogP) is 1.59. The number of nitrogens with zero attached hydrogens (tertiary/aromatic N) is 4. The Balaban J connectivity index is 2.57. The number of aryl methyl sites for hydroxylation is 1. The third kappa shape index (κ3) is 1.03. The van der Waals surface area contributed by atoms with Gasteiger partial charge in [0.1, 0.15) is 5.56 Å². The fourth-order valence-electron chi connectivity index (χ4n) is 1.42. The molecule has 0 N–H and O–H groups in total. The molecule has 1 aliphatic heterocycles. The number of esters is 1.